The molecule has 0 bridgehead atoms. The summed E-state index contributed by atoms with van der Waals surface area (Å²) in [4.78, 5) is 40.1. The van der Waals surface area contributed by atoms with E-state index in [-0.39, 0.29) is 18.2 Å². The van der Waals surface area contributed by atoms with Crippen LogP contribution in [-0.2, 0) is 4.79 Å². The molecule has 0 aliphatic carbocycles. The third-order valence-corrected chi connectivity index (χ3v) is 5.65. The number of rotatable bonds is 6. The standard InChI is InChI=1S/C24H29N3O4/c1-24(2,22(29)30)16-21(28)19-6-4-17(5-7-19)18-8-10-20(11-9-18)25-23(31)27-14-12-26(3)13-15-27/h4-11H,12-16H2,1-3H3,(H,25,31)(H,29,30). The van der Waals surface area contributed by atoms with Crippen LogP contribution >= 0.6 is 0 Å². The van der Waals surface area contributed by atoms with Gasteiger partial charge in [-0.05, 0) is 44.2 Å². The number of carbonyl (C=O) groups excluding carboxylic acids is 2. The molecule has 0 spiro atoms. The summed E-state index contributed by atoms with van der Waals surface area (Å²) < 4.78 is 0. The largest absolute Gasteiger partial charge is 0.481 e. The number of amides is 2. The Kier molecular flexibility index (Phi) is 6.75. The summed E-state index contributed by atoms with van der Waals surface area (Å²) in [5, 5.41) is 12.1. The molecular formula is C24H29N3O4. The molecule has 1 aliphatic rings. The first-order valence-corrected chi connectivity index (χ1v) is 10.4. The van der Waals surface area contributed by atoms with Crippen molar-refractivity contribution in [3.63, 3.8) is 0 Å². The molecule has 2 aromatic rings. The Morgan fingerprint density at radius 2 is 1.42 bits per heavy atom. The number of aliphatic carboxylic acids is 1. The number of likely N-dealkylation sites (N-methyl/N-ethyl adjacent to an activating group) is 1. The maximum Gasteiger partial charge on any atom is 0.321 e. The van der Waals surface area contributed by atoms with Gasteiger partial charge in [-0.3, -0.25) is 9.59 Å². The number of carboxylic acid groups (broad SMARTS) is 1. The molecule has 2 N–H and O–H groups in total. The van der Waals surface area contributed by atoms with Gasteiger partial charge in [0.05, 0.1) is 5.41 Å². The van der Waals surface area contributed by atoms with Gasteiger partial charge in [-0.15, -0.1) is 0 Å². The van der Waals surface area contributed by atoms with Gasteiger partial charge in [0.2, 0.25) is 0 Å². The Morgan fingerprint density at radius 1 is 0.903 bits per heavy atom. The summed E-state index contributed by atoms with van der Waals surface area (Å²) in [6, 6.07) is 14.6. The Morgan fingerprint density at radius 3 is 1.94 bits per heavy atom. The van der Waals surface area contributed by atoms with Crippen LogP contribution < -0.4 is 5.32 Å². The van der Waals surface area contributed by atoms with Crippen molar-refractivity contribution in [1.29, 1.82) is 0 Å². The molecule has 0 aromatic heterocycles. The zero-order chi connectivity index (χ0) is 22.6. The highest BCUT2D eigenvalue weighted by molar-refractivity contribution is 5.99. The maximum absolute atomic E-state index is 12.4. The third-order valence-electron chi connectivity index (χ3n) is 5.65. The average molecular weight is 424 g/mol. The molecule has 1 aliphatic heterocycles. The Bertz CT molecular complexity index is 944. The highest BCUT2D eigenvalue weighted by Gasteiger charge is 2.30. The topological polar surface area (TPSA) is 90.0 Å². The van der Waals surface area contributed by atoms with E-state index in [1.807, 2.05) is 48.3 Å². The molecule has 3 rings (SSSR count). The van der Waals surface area contributed by atoms with Gasteiger partial charge in [0.1, 0.15) is 0 Å². The fourth-order valence-corrected chi connectivity index (χ4v) is 3.39. The van der Waals surface area contributed by atoms with Gasteiger partial charge in [-0.1, -0.05) is 36.4 Å². The molecule has 0 atom stereocenters. The van der Waals surface area contributed by atoms with Crippen LogP contribution in [0.15, 0.2) is 48.5 Å². The Hall–Kier alpha value is -3.19. The van der Waals surface area contributed by atoms with E-state index < -0.39 is 11.4 Å². The van der Waals surface area contributed by atoms with Gasteiger partial charge < -0.3 is 20.2 Å². The minimum absolute atomic E-state index is 0.0522. The monoisotopic (exact) mass is 423 g/mol. The second-order valence-electron chi connectivity index (χ2n) is 8.66. The van der Waals surface area contributed by atoms with Gasteiger partial charge in [0.25, 0.3) is 0 Å². The number of nitrogens with one attached hydrogen (secondary N) is 1. The van der Waals surface area contributed by atoms with Crippen LogP contribution in [0.2, 0.25) is 0 Å². The van der Waals surface area contributed by atoms with E-state index in [1.165, 1.54) is 0 Å². The minimum atomic E-state index is -1.10. The number of anilines is 1. The third kappa shape index (κ3) is 5.70. The van der Waals surface area contributed by atoms with Crippen LogP contribution in [0.5, 0.6) is 0 Å². The van der Waals surface area contributed by atoms with Crippen molar-refractivity contribution in [2.24, 2.45) is 5.41 Å². The highest BCUT2D eigenvalue weighted by atomic mass is 16.4. The molecule has 2 aromatic carbocycles. The van der Waals surface area contributed by atoms with E-state index in [0.717, 1.165) is 43.0 Å². The number of Topliss-reactive ketones (excluding diaryl/α,β-unsaturated/α-hetero) is 1. The van der Waals surface area contributed by atoms with Gasteiger partial charge in [-0.2, -0.15) is 0 Å². The predicted octanol–water partition coefficient (Wildman–Crippen LogP) is 3.82. The molecule has 0 saturated carbocycles. The Balaban J connectivity index is 1.61. The zero-order valence-corrected chi connectivity index (χ0v) is 18.2. The van der Waals surface area contributed by atoms with E-state index in [9.17, 15) is 19.5 Å². The fraction of sp³-hybridized carbons (Fsp3) is 0.375. The average Bonchev–Trinajstić information content (AvgIpc) is 2.74. The van der Waals surface area contributed by atoms with Crippen molar-refractivity contribution >= 4 is 23.5 Å². The number of carbonyl (C=O) groups is 3. The van der Waals surface area contributed by atoms with Gasteiger partial charge in [-0.25, -0.2) is 4.79 Å². The number of hydrogen-bond acceptors (Lipinski definition) is 4. The smallest absolute Gasteiger partial charge is 0.321 e. The van der Waals surface area contributed by atoms with Gasteiger partial charge in [0.15, 0.2) is 5.78 Å². The van der Waals surface area contributed by atoms with Crippen LogP contribution in [-0.4, -0.2) is 65.9 Å². The fourth-order valence-electron chi connectivity index (χ4n) is 3.39. The number of carboxylic acids is 1. The molecule has 7 nitrogen and oxygen atoms in total. The lowest BCUT2D eigenvalue weighted by Gasteiger charge is -2.32. The molecule has 31 heavy (non-hydrogen) atoms. The normalized spacial score (nSPS) is 14.9. The van der Waals surface area contributed by atoms with Crippen LogP contribution in [0.1, 0.15) is 30.6 Å². The van der Waals surface area contributed by atoms with Gasteiger partial charge in [0, 0.05) is 43.9 Å². The molecule has 0 unspecified atom stereocenters. The summed E-state index contributed by atoms with van der Waals surface area (Å²) in [5.41, 5.74) is 2.03. The summed E-state index contributed by atoms with van der Waals surface area (Å²) >= 11 is 0. The molecule has 2 amide bonds. The summed E-state index contributed by atoms with van der Waals surface area (Å²) in [5.74, 6) is -1.18. The lowest BCUT2D eigenvalue weighted by atomic mass is 9.85. The van der Waals surface area contributed by atoms with Crippen molar-refractivity contribution in [1.82, 2.24) is 9.80 Å². The van der Waals surface area contributed by atoms with Crippen LogP contribution in [0.4, 0.5) is 10.5 Å². The zero-order valence-electron chi connectivity index (χ0n) is 18.2. The number of nitrogens with zero attached hydrogens (tertiary/aromatic N) is 2. The second kappa shape index (κ2) is 9.31. The number of piperazine rings is 1. The molecule has 164 valence electrons. The quantitative estimate of drug-likeness (QED) is 0.690. The number of hydrogen-bond donors (Lipinski definition) is 2. The van der Waals surface area contributed by atoms with Gasteiger partial charge >= 0.3 is 12.0 Å². The van der Waals surface area contributed by atoms with Crippen LogP contribution in [0, 0.1) is 5.41 Å². The van der Waals surface area contributed by atoms with Crippen molar-refractivity contribution < 1.29 is 19.5 Å². The van der Waals surface area contributed by atoms with E-state index >= 15 is 0 Å². The highest BCUT2D eigenvalue weighted by Crippen LogP contribution is 2.26. The maximum atomic E-state index is 12.4. The molecule has 0 radical (unpaired) electrons. The van der Waals surface area contributed by atoms with Crippen molar-refractivity contribution in [2.75, 3.05) is 38.5 Å². The molecular weight excluding hydrogens is 394 g/mol. The van der Waals surface area contributed by atoms with E-state index in [0.29, 0.717) is 5.56 Å². The lowest BCUT2D eigenvalue weighted by molar-refractivity contribution is -0.146. The molecule has 1 heterocycles. The summed E-state index contributed by atoms with van der Waals surface area (Å²) in [7, 11) is 2.05. The Labute approximate surface area is 182 Å². The van der Waals surface area contributed by atoms with Crippen molar-refractivity contribution in [2.45, 2.75) is 20.3 Å². The van der Waals surface area contributed by atoms with E-state index in [2.05, 4.69) is 10.2 Å². The number of ketones is 1. The number of urea groups is 1. The number of benzene rings is 2. The predicted molar refractivity (Wildman–Crippen MR) is 120 cm³/mol. The van der Waals surface area contributed by atoms with Crippen LogP contribution in [0.25, 0.3) is 11.1 Å². The first-order chi connectivity index (χ1) is 14.7. The minimum Gasteiger partial charge on any atom is -0.481 e. The van der Waals surface area contributed by atoms with Crippen molar-refractivity contribution in [3.05, 3.63) is 54.1 Å². The molecule has 1 saturated heterocycles. The van der Waals surface area contributed by atoms with Crippen LogP contribution in [0.3, 0.4) is 0 Å². The summed E-state index contributed by atoms with van der Waals surface area (Å²) in [6.45, 7) is 6.28. The SMILES string of the molecule is CN1CCN(C(=O)Nc2ccc(-c3ccc(C(=O)CC(C)(C)C(=O)O)cc3)cc2)CC1. The van der Waals surface area contributed by atoms with E-state index in [4.69, 9.17) is 0 Å². The molecule has 1 fully saturated rings. The second-order valence-corrected chi connectivity index (χ2v) is 8.66. The first-order valence-electron chi connectivity index (χ1n) is 10.4. The molecule has 7 heteroatoms. The first kappa shape index (κ1) is 22.5. The van der Waals surface area contributed by atoms with E-state index in [1.54, 1.807) is 26.0 Å². The van der Waals surface area contributed by atoms with Crippen molar-refractivity contribution in [3.8, 4) is 11.1 Å². The summed E-state index contributed by atoms with van der Waals surface area (Å²) in [6.07, 6.45) is -0.0522. The lowest BCUT2D eigenvalue weighted by Crippen LogP contribution is -2.48.